The summed E-state index contributed by atoms with van der Waals surface area (Å²) in [5, 5.41) is 10.8. The molecule has 0 saturated heterocycles. The predicted octanol–water partition coefficient (Wildman–Crippen LogP) is 11.1. The lowest BCUT2D eigenvalue weighted by atomic mass is 9.61. The van der Waals surface area contributed by atoms with Crippen molar-refractivity contribution < 1.29 is 14.0 Å². The lowest BCUT2D eigenvalue weighted by Crippen LogP contribution is -2.49. The van der Waals surface area contributed by atoms with Gasteiger partial charge in [0.1, 0.15) is 0 Å². The van der Waals surface area contributed by atoms with E-state index in [4.69, 9.17) is 8.85 Å². The van der Waals surface area contributed by atoms with Crippen molar-refractivity contribution in [2.75, 3.05) is 0 Å². The molecule has 0 heterocycles. The van der Waals surface area contributed by atoms with Crippen molar-refractivity contribution in [3.8, 4) is 0 Å². The van der Waals surface area contributed by atoms with E-state index in [0.717, 1.165) is 12.8 Å². The maximum Gasteiger partial charge on any atom is 0.192 e. The van der Waals surface area contributed by atoms with E-state index >= 15 is 0 Å². The Bertz CT molecular complexity index is 1130. The molecule has 0 aliphatic heterocycles. The van der Waals surface area contributed by atoms with Crippen molar-refractivity contribution in [2.24, 2.45) is 29.1 Å². The topological polar surface area (TPSA) is 38.7 Å². The molecule has 4 unspecified atom stereocenters. The van der Waals surface area contributed by atoms with Crippen LogP contribution in [0.3, 0.4) is 0 Å². The summed E-state index contributed by atoms with van der Waals surface area (Å²) in [6, 6.07) is 0. The third-order valence-corrected chi connectivity index (χ3v) is 22.1. The van der Waals surface area contributed by atoms with Crippen molar-refractivity contribution in [1.82, 2.24) is 0 Å². The lowest BCUT2D eigenvalue weighted by molar-refractivity contribution is 0.0969. The Balaban J connectivity index is 1.57. The first kappa shape index (κ1) is 36.1. The highest BCUT2D eigenvalue weighted by molar-refractivity contribution is 6.74. The number of aliphatic hydroxyl groups excluding tert-OH is 1. The first-order chi connectivity index (χ1) is 20.2. The van der Waals surface area contributed by atoms with Gasteiger partial charge < -0.3 is 14.0 Å². The fraction of sp³-hybridized carbons (Fsp3) is 0.795. The summed E-state index contributed by atoms with van der Waals surface area (Å²) >= 11 is 0. The van der Waals surface area contributed by atoms with Gasteiger partial charge in [-0.25, -0.2) is 0 Å². The number of fused-ring (bicyclic) bond motifs is 1. The summed E-state index contributed by atoms with van der Waals surface area (Å²) in [6.45, 7) is 33.2. The van der Waals surface area contributed by atoms with Gasteiger partial charge in [0.05, 0.1) is 18.3 Å². The van der Waals surface area contributed by atoms with Crippen LogP contribution >= 0.6 is 0 Å². The molecule has 0 amide bonds. The molecule has 0 aromatic heterocycles. The summed E-state index contributed by atoms with van der Waals surface area (Å²) in [7, 11) is -3.90. The van der Waals surface area contributed by atoms with Crippen LogP contribution in [-0.2, 0) is 8.85 Å². The van der Waals surface area contributed by atoms with E-state index in [-0.39, 0.29) is 28.4 Å². The molecule has 0 aromatic rings. The fourth-order valence-corrected chi connectivity index (χ4v) is 10.6. The van der Waals surface area contributed by atoms with Crippen LogP contribution in [0.2, 0.25) is 36.3 Å². The fourth-order valence-electron chi connectivity index (χ4n) is 7.93. The average Bonchev–Trinajstić information content (AvgIpc) is 3.68. The van der Waals surface area contributed by atoms with E-state index in [1.807, 2.05) is 0 Å². The van der Waals surface area contributed by atoms with Gasteiger partial charge in [0.15, 0.2) is 16.6 Å². The van der Waals surface area contributed by atoms with Crippen LogP contribution in [0.4, 0.5) is 0 Å². The molecule has 4 saturated carbocycles. The minimum Gasteiger partial charge on any atom is -0.413 e. The average molecular weight is 641 g/mol. The van der Waals surface area contributed by atoms with Gasteiger partial charge in [-0.3, -0.25) is 0 Å². The molecule has 7 atom stereocenters. The third-order valence-electron chi connectivity index (χ3n) is 13.1. The van der Waals surface area contributed by atoms with E-state index in [2.05, 4.69) is 112 Å². The van der Waals surface area contributed by atoms with Crippen molar-refractivity contribution in [3.63, 3.8) is 0 Å². The van der Waals surface area contributed by atoms with Gasteiger partial charge in [-0.1, -0.05) is 91.8 Å². The first-order valence-corrected chi connectivity index (χ1v) is 23.8. The second-order valence-corrected chi connectivity index (χ2v) is 27.9. The van der Waals surface area contributed by atoms with Gasteiger partial charge in [-0.2, -0.15) is 0 Å². The molecule has 4 fully saturated rings. The van der Waals surface area contributed by atoms with Crippen molar-refractivity contribution in [1.29, 1.82) is 0 Å². The minimum absolute atomic E-state index is 0.0233. The van der Waals surface area contributed by atoms with Crippen LogP contribution in [-0.4, -0.2) is 40.1 Å². The first-order valence-electron chi connectivity index (χ1n) is 18.0. The largest absolute Gasteiger partial charge is 0.413 e. The maximum atomic E-state index is 10.5. The van der Waals surface area contributed by atoms with Crippen LogP contribution in [0.1, 0.15) is 113 Å². The van der Waals surface area contributed by atoms with E-state index in [9.17, 15) is 5.11 Å². The van der Waals surface area contributed by atoms with Crippen molar-refractivity contribution in [2.45, 2.75) is 168 Å². The third kappa shape index (κ3) is 7.86. The molecule has 250 valence electrons. The molecule has 0 spiro atoms. The van der Waals surface area contributed by atoms with Crippen LogP contribution in [0.25, 0.3) is 0 Å². The van der Waals surface area contributed by atoms with Gasteiger partial charge >= 0.3 is 0 Å². The summed E-state index contributed by atoms with van der Waals surface area (Å²) in [4.78, 5) is 0. The van der Waals surface area contributed by atoms with Gasteiger partial charge in [-0.15, -0.1) is 0 Å². The van der Waals surface area contributed by atoms with Gasteiger partial charge in [0, 0.05) is 6.42 Å². The monoisotopic (exact) mass is 640 g/mol. The number of hydrogen-bond donors (Lipinski definition) is 1. The summed E-state index contributed by atoms with van der Waals surface area (Å²) < 4.78 is 14.2. The van der Waals surface area contributed by atoms with Gasteiger partial charge in [0.25, 0.3) is 0 Å². The second-order valence-electron chi connectivity index (χ2n) is 18.4. The Morgan fingerprint density at radius 3 is 2.11 bits per heavy atom. The second kappa shape index (κ2) is 13.1. The van der Waals surface area contributed by atoms with E-state index < -0.39 is 16.6 Å². The van der Waals surface area contributed by atoms with E-state index in [1.54, 1.807) is 5.57 Å². The number of aliphatic hydroxyl groups is 1. The van der Waals surface area contributed by atoms with Gasteiger partial charge in [-0.05, 0) is 128 Å². The normalized spacial score (nSPS) is 34.2. The van der Waals surface area contributed by atoms with Crippen molar-refractivity contribution in [3.05, 3.63) is 47.6 Å². The Hall–Kier alpha value is -0.726. The summed E-state index contributed by atoms with van der Waals surface area (Å²) in [5.41, 5.74) is 4.49. The predicted molar refractivity (Wildman–Crippen MR) is 194 cm³/mol. The van der Waals surface area contributed by atoms with Crippen molar-refractivity contribution >= 4 is 16.6 Å². The molecule has 0 aromatic carbocycles. The molecule has 0 bridgehead atoms. The number of allylic oxidation sites excluding steroid dienone is 4. The highest BCUT2D eigenvalue weighted by atomic mass is 28.4. The van der Waals surface area contributed by atoms with Gasteiger partial charge in [0.2, 0.25) is 0 Å². The van der Waals surface area contributed by atoms with Crippen LogP contribution in [0.5, 0.6) is 0 Å². The molecule has 44 heavy (non-hydrogen) atoms. The lowest BCUT2D eigenvalue weighted by Gasteiger charge is -2.45. The van der Waals surface area contributed by atoms with E-state index in [1.165, 1.54) is 56.1 Å². The molecule has 4 aliphatic rings. The summed E-state index contributed by atoms with van der Waals surface area (Å²) in [6.07, 6.45) is 19.9. The molecular formula is C39H68O3Si2. The Kier molecular flexibility index (Phi) is 10.7. The highest BCUT2D eigenvalue weighted by Crippen LogP contribution is 2.59. The Morgan fingerprint density at radius 2 is 1.52 bits per heavy atom. The zero-order valence-corrected chi connectivity index (χ0v) is 32.7. The molecule has 3 nitrogen and oxygen atoms in total. The van der Waals surface area contributed by atoms with E-state index in [0.29, 0.717) is 29.1 Å². The molecular weight excluding hydrogens is 573 g/mol. The zero-order valence-electron chi connectivity index (χ0n) is 30.7. The number of rotatable bonds is 9. The standard InChI is InChI=1S/C39H68O3Si2/c1-27(16-23-35(40)30-18-19-30)33-21-22-34-29(15-14-24-39(33,34)9)17-20-31-25-32(41-43(10,11)37(3,4)5)26-36(28(31)2)42-44(12,13)38(6,7)8/h16-17,20,23,27,30,32-36,40H,2,14-15,18-19,21-22,24-26H2,1,3-13H3/b23-16+,29-17+,31-20-/t27-,32-,33?,34?,35-,36?,39?/m0/s1. The van der Waals surface area contributed by atoms with Crippen LogP contribution < -0.4 is 0 Å². The maximum absolute atomic E-state index is 10.5. The molecule has 0 radical (unpaired) electrons. The quantitative estimate of drug-likeness (QED) is 0.201. The molecule has 5 heteroatoms. The van der Waals surface area contributed by atoms with Crippen LogP contribution in [0, 0.1) is 29.1 Å². The molecule has 4 rings (SSSR count). The zero-order chi connectivity index (χ0) is 32.9. The highest BCUT2D eigenvalue weighted by Gasteiger charge is 2.50. The molecule has 1 N–H and O–H groups in total. The van der Waals surface area contributed by atoms with Crippen LogP contribution in [0.15, 0.2) is 47.6 Å². The minimum atomic E-state index is -1.98. The Labute approximate surface area is 274 Å². The molecule has 4 aliphatic carbocycles. The Morgan fingerprint density at radius 1 is 0.909 bits per heavy atom. The summed E-state index contributed by atoms with van der Waals surface area (Å²) in [5.74, 6) is 2.35. The smallest absolute Gasteiger partial charge is 0.192 e. The SMILES string of the molecule is C=C1/C(=C\C=C2/CCCC3(C)C2CCC3[C@@H](C)/C=C/[C@H](O)C2CC2)C[C@H](O[Si](C)(C)C(C)(C)C)CC1O[Si](C)(C)C(C)(C)C. The number of hydrogen-bond acceptors (Lipinski definition) is 3.